The summed E-state index contributed by atoms with van der Waals surface area (Å²) in [7, 11) is 0. The lowest BCUT2D eigenvalue weighted by Gasteiger charge is -2.32. The van der Waals surface area contributed by atoms with Crippen molar-refractivity contribution in [3.8, 4) is 0 Å². The third-order valence-corrected chi connectivity index (χ3v) is 4.98. The Morgan fingerprint density at radius 1 is 1.40 bits per heavy atom. The first kappa shape index (κ1) is 19.4. The summed E-state index contributed by atoms with van der Waals surface area (Å²) in [4.78, 5) is 18.0. The fourth-order valence-electron chi connectivity index (χ4n) is 2.63. The van der Waals surface area contributed by atoms with Gasteiger partial charge in [0.25, 0.3) is 0 Å². The van der Waals surface area contributed by atoms with Crippen molar-refractivity contribution in [1.82, 2.24) is 15.5 Å². The second-order valence-corrected chi connectivity index (χ2v) is 6.92. The molecule has 25 heavy (non-hydrogen) atoms. The van der Waals surface area contributed by atoms with Gasteiger partial charge in [0.2, 0.25) is 0 Å². The Labute approximate surface area is 152 Å². The lowest BCUT2D eigenvalue weighted by molar-refractivity contribution is 0.188. The number of nitrogens with two attached hydrogens (primary N) is 1. The van der Waals surface area contributed by atoms with Crippen molar-refractivity contribution in [2.75, 3.05) is 31.9 Å². The van der Waals surface area contributed by atoms with E-state index in [9.17, 15) is 9.18 Å². The topological polar surface area (TPSA) is 82.8 Å². The second kappa shape index (κ2) is 10.1. The van der Waals surface area contributed by atoms with E-state index in [1.165, 1.54) is 17.8 Å². The standard InChI is InChI=1S/C17H26FN5OS/c1-2-20-17(22-13-7-10-23(11-8-13)16(19)24)21-9-12-25-15-6-4-3-5-14(15)18/h3-6,13H,2,7-12H2,1H3,(H2,19,24)(H2,20,21,22). The van der Waals surface area contributed by atoms with Crippen LogP contribution >= 0.6 is 11.8 Å². The number of guanidine groups is 1. The molecule has 0 spiro atoms. The number of rotatable bonds is 6. The Morgan fingerprint density at radius 3 is 2.76 bits per heavy atom. The summed E-state index contributed by atoms with van der Waals surface area (Å²) >= 11 is 1.46. The van der Waals surface area contributed by atoms with E-state index in [0.717, 1.165) is 25.3 Å². The number of piperidine rings is 1. The molecule has 2 amide bonds. The van der Waals surface area contributed by atoms with Gasteiger partial charge in [-0.1, -0.05) is 12.1 Å². The third-order valence-electron chi connectivity index (χ3n) is 3.95. The number of urea groups is 1. The molecule has 0 saturated carbocycles. The number of halogens is 1. The highest BCUT2D eigenvalue weighted by molar-refractivity contribution is 7.99. The van der Waals surface area contributed by atoms with Gasteiger partial charge in [-0.05, 0) is 31.9 Å². The second-order valence-electron chi connectivity index (χ2n) is 5.78. The van der Waals surface area contributed by atoms with Gasteiger partial charge >= 0.3 is 6.03 Å². The van der Waals surface area contributed by atoms with E-state index in [4.69, 9.17) is 5.73 Å². The zero-order chi connectivity index (χ0) is 18.1. The minimum Gasteiger partial charge on any atom is -0.357 e. The van der Waals surface area contributed by atoms with Crippen molar-refractivity contribution >= 4 is 23.8 Å². The number of benzene rings is 1. The summed E-state index contributed by atoms with van der Waals surface area (Å²) in [6.07, 6.45) is 1.69. The molecule has 1 aromatic rings. The molecule has 6 nitrogen and oxygen atoms in total. The molecule has 2 rings (SSSR count). The highest BCUT2D eigenvalue weighted by Gasteiger charge is 2.21. The number of thioether (sulfide) groups is 1. The van der Waals surface area contributed by atoms with Gasteiger partial charge in [0.1, 0.15) is 5.82 Å². The normalized spacial score (nSPS) is 15.9. The number of nitrogens with one attached hydrogen (secondary N) is 2. The van der Waals surface area contributed by atoms with E-state index in [2.05, 4.69) is 15.6 Å². The zero-order valence-electron chi connectivity index (χ0n) is 14.5. The summed E-state index contributed by atoms with van der Waals surface area (Å²) in [5.74, 6) is 1.27. The fourth-order valence-corrected chi connectivity index (χ4v) is 3.42. The molecule has 0 radical (unpaired) electrons. The molecule has 0 unspecified atom stereocenters. The number of carbonyl (C=O) groups is 1. The van der Waals surface area contributed by atoms with Gasteiger partial charge in [-0.15, -0.1) is 11.8 Å². The van der Waals surface area contributed by atoms with Crippen molar-refractivity contribution in [3.05, 3.63) is 30.1 Å². The van der Waals surface area contributed by atoms with Gasteiger partial charge in [0.05, 0.1) is 6.54 Å². The van der Waals surface area contributed by atoms with Crippen LogP contribution in [0.15, 0.2) is 34.2 Å². The maximum atomic E-state index is 13.6. The molecule has 0 atom stereocenters. The van der Waals surface area contributed by atoms with Crippen LogP contribution < -0.4 is 16.4 Å². The van der Waals surface area contributed by atoms with Gasteiger partial charge in [-0.2, -0.15) is 0 Å². The molecule has 1 heterocycles. The molecule has 1 aliphatic rings. The molecule has 1 aliphatic heterocycles. The summed E-state index contributed by atoms with van der Waals surface area (Å²) in [5, 5.41) is 6.63. The Kier molecular flexibility index (Phi) is 7.84. The lowest BCUT2D eigenvalue weighted by Crippen LogP contribution is -2.50. The van der Waals surface area contributed by atoms with Crippen LogP contribution in [0.2, 0.25) is 0 Å². The maximum absolute atomic E-state index is 13.6. The molecular formula is C17H26FN5OS. The number of hydrogen-bond donors (Lipinski definition) is 3. The number of aliphatic imine (C=N–C) groups is 1. The summed E-state index contributed by atoms with van der Waals surface area (Å²) in [6, 6.07) is 6.68. The largest absolute Gasteiger partial charge is 0.357 e. The van der Waals surface area contributed by atoms with Crippen LogP contribution in [0.3, 0.4) is 0 Å². The van der Waals surface area contributed by atoms with Crippen molar-refractivity contribution in [2.45, 2.75) is 30.7 Å². The number of nitrogens with zero attached hydrogens (tertiary/aromatic N) is 2. The van der Waals surface area contributed by atoms with Crippen molar-refractivity contribution in [1.29, 1.82) is 0 Å². The van der Waals surface area contributed by atoms with Crippen LogP contribution in [-0.4, -0.2) is 54.9 Å². The van der Waals surface area contributed by atoms with Crippen LogP contribution in [0.1, 0.15) is 19.8 Å². The van der Waals surface area contributed by atoms with E-state index in [0.29, 0.717) is 30.3 Å². The van der Waals surface area contributed by atoms with E-state index >= 15 is 0 Å². The first-order valence-corrected chi connectivity index (χ1v) is 9.55. The molecular weight excluding hydrogens is 341 g/mol. The number of amides is 2. The van der Waals surface area contributed by atoms with Gasteiger partial charge in [0, 0.05) is 36.3 Å². The lowest BCUT2D eigenvalue weighted by atomic mass is 10.1. The Bertz CT molecular complexity index is 590. The Hall–Kier alpha value is -1.96. The van der Waals surface area contributed by atoms with E-state index in [1.807, 2.05) is 13.0 Å². The van der Waals surface area contributed by atoms with Crippen molar-refractivity contribution in [2.24, 2.45) is 10.7 Å². The number of likely N-dealkylation sites (tertiary alicyclic amines) is 1. The summed E-state index contributed by atoms with van der Waals surface area (Å²) in [6.45, 7) is 4.70. The molecule has 0 aliphatic carbocycles. The zero-order valence-corrected chi connectivity index (χ0v) is 15.3. The Balaban J connectivity index is 1.78. The average Bonchev–Trinajstić information content (AvgIpc) is 2.60. The fraction of sp³-hybridized carbons (Fsp3) is 0.529. The van der Waals surface area contributed by atoms with Gasteiger partial charge in [0.15, 0.2) is 5.96 Å². The quantitative estimate of drug-likeness (QED) is 0.311. The highest BCUT2D eigenvalue weighted by atomic mass is 32.2. The molecule has 0 bridgehead atoms. The van der Waals surface area contributed by atoms with Crippen LogP contribution in [0.5, 0.6) is 0 Å². The van der Waals surface area contributed by atoms with E-state index in [-0.39, 0.29) is 17.9 Å². The molecule has 138 valence electrons. The molecule has 1 aromatic carbocycles. The number of carbonyl (C=O) groups excluding carboxylic acids is 1. The van der Waals surface area contributed by atoms with Gasteiger partial charge in [-0.3, -0.25) is 4.99 Å². The predicted octanol–water partition coefficient (Wildman–Crippen LogP) is 2.02. The smallest absolute Gasteiger partial charge is 0.314 e. The Morgan fingerprint density at radius 2 is 2.12 bits per heavy atom. The summed E-state index contributed by atoms with van der Waals surface area (Å²) in [5.41, 5.74) is 5.30. The molecule has 1 saturated heterocycles. The maximum Gasteiger partial charge on any atom is 0.314 e. The van der Waals surface area contributed by atoms with Gasteiger partial charge in [-0.25, -0.2) is 9.18 Å². The monoisotopic (exact) mass is 367 g/mol. The van der Waals surface area contributed by atoms with Crippen molar-refractivity contribution in [3.63, 3.8) is 0 Å². The van der Waals surface area contributed by atoms with E-state index in [1.54, 1.807) is 17.0 Å². The van der Waals surface area contributed by atoms with Gasteiger partial charge < -0.3 is 21.3 Å². The van der Waals surface area contributed by atoms with E-state index < -0.39 is 0 Å². The average molecular weight is 367 g/mol. The summed E-state index contributed by atoms with van der Waals surface area (Å²) < 4.78 is 13.6. The van der Waals surface area contributed by atoms with Crippen LogP contribution in [0.25, 0.3) is 0 Å². The SMILES string of the molecule is CCNC(=NCCSc1ccccc1F)NC1CCN(C(N)=O)CC1. The minimum absolute atomic E-state index is 0.192. The molecule has 1 fully saturated rings. The van der Waals surface area contributed by atoms with Crippen LogP contribution in [0.4, 0.5) is 9.18 Å². The highest BCUT2D eigenvalue weighted by Crippen LogP contribution is 2.20. The van der Waals surface area contributed by atoms with Crippen LogP contribution in [-0.2, 0) is 0 Å². The van der Waals surface area contributed by atoms with Crippen LogP contribution in [0, 0.1) is 5.82 Å². The first-order chi connectivity index (χ1) is 12.1. The first-order valence-electron chi connectivity index (χ1n) is 8.56. The predicted molar refractivity (Wildman–Crippen MR) is 100 cm³/mol. The molecule has 4 N–H and O–H groups in total. The molecule has 0 aromatic heterocycles. The third kappa shape index (κ3) is 6.45. The number of primary amides is 1. The van der Waals surface area contributed by atoms with Crippen molar-refractivity contribution < 1.29 is 9.18 Å². The molecule has 8 heteroatoms. The minimum atomic E-state index is -0.357. The number of hydrogen-bond acceptors (Lipinski definition) is 3.